The molecule has 0 amide bonds. The van der Waals surface area contributed by atoms with Gasteiger partial charge < -0.3 is 14.4 Å². The summed E-state index contributed by atoms with van der Waals surface area (Å²) in [5.41, 5.74) is 8.19. The third-order valence-corrected chi connectivity index (χ3v) is 12.5. The molecule has 0 saturated carbocycles. The molecule has 0 fully saturated rings. The van der Waals surface area contributed by atoms with E-state index in [1.54, 1.807) is 12.3 Å². The Morgan fingerprint density at radius 2 is 1.53 bits per heavy atom. The number of pyridine rings is 2. The summed E-state index contributed by atoms with van der Waals surface area (Å²) in [4.78, 5) is 9.24. The molecule has 9 aromatic rings. The van der Waals surface area contributed by atoms with Crippen molar-refractivity contribution >= 4 is 66.7 Å². The maximum absolute atomic E-state index is 8.41. The Hall–Kier alpha value is -4.71. The van der Waals surface area contributed by atoms with Gasteiger partial charge in [0, 0.05) is 45.3 Å². The molecule has 9 rings (SSSR count). The van der Waals surface area contributed by atoms with E-state index in [9.17, 15) is 0 Å². The van der Waals surface area contributed by atoms with Crippen molar-refractivity contribution in [3.05, 3.63) is 151 Å². The van der Waals surface area contributed by atoms with E-state index in [2.05, 4.69) is 110 Å². The van der Waals surface area contributed by atoms with Crippen molar-refractivity contribution in [3.63, 3.8) is 0 Å². The molecule has 0 saturated heterocycles. The summed E-state index contributed by atoms with van der Waals surface area (Å²) >= 11 is 1.83. The minimum Gasteiger partial charge on any atom is -0.500 e. The molecule has 6 heteroatoms. The molecular weight excluding hydrogens is 861 g/mol. The summed E-state index contributed by atoms with van der Waals surface area (Å²) in [6.45, 7) is 10.8. The number of rotatable bonds is 6. The molecule has 0 aliphatic heterocycles. The van der Waals surface area contributed by atoms with E-state index < -0.39 is 14.4 Å². The van der Waals surface area contributed by atoms with Crippen LogP contribution in [0, 0.1) is 18.1 Å². The van der Waals surface area contributed by atoms with Crippen LogP contribution >= 0.6 is 11.3 Å². The van der Waals surface area contributed by atoms with Crippen molar-refractivity contribution in [3.8, 4) is 33.6 Å². The molecule has 53 heavy (non-hydrogen) atoms. The van der Waals surface area contributed by atoms with Crippen LogP contribution in [0.5, 0.6) is 0 Å². The predicted octanol–water partition coefficient (Wildman–Crippen LogP) is 12.8. The van der Waals surface area contributed by atoms with Gasteiger partial charge in [0.15, 0.2) is 0 Å². The van der Waals surface area contributed by atoms with E-state index in [0.717, 1.165) is 49.9 Å². The molecule has 3 nitrogen and oxygen atoms in total. The van der Waals surface area contributed by atoms with E-state index >= 15 is 0 Å². The molecule has 0 atom stereocenters. The van der Waals surface area contributed by atoms with Crippen molar-refractivity contribution in [1.82, 2.24) is 9.97 Å². The average molecular weight is 903 g/mol. The largest absolute Gasteiger partial charge is 0.500 e. The van der Waals surface area contributed by atoms with Crippen LogP contribution in [0.25, 0.3) is 75.8 Å². The second kappa shape index (κ2) is 15.3. The minimum atomic E-state index is -1.42. The first-order chi connectivity index (χ1) is 26.0. The molecular formula is C47H40IrN2OSSi-2. The molecule has 4 heterocycles. The fraction of sp³-hybridized carbons (Fsp3) is 0.149. The second-order valence-corrected chi connectivity index (χ2v) is 20.5. The molecule has 0 N–H and O–H groups in total. The van der Waals surface area contributed by atoms with Crippen LogP contribution in [0.2, 0.25) is 19.6 Å². The number of furan rings is 1. The first-order valence-electron chi connectivity index (χ1n) is 18.7. The minimum absolute atomic E-state index is 0. The van der Waals surface area contributed by atoms with Gasteiger partial charge in [-0.3, -0.25) is 0 Å². The van der Waals surface area contributed by atoms with Crippen molar-refractivity contribution in [2.75, 3.05) is 0 Å². The zero-order valence-corrected chi connectivity index (χ0v) is 34.5. The normalized spacial score (nSPS) is 12.4. The van der Waals surface area contributed by atoms with Gasteiger partial charge in [0.2, 0.25) is 0 Å². The van der Waals surface area contributed by atoms with Crippen LogP contribution in [0.1, 0.15) is 22.2 Å². The van der Waals surface area contributed by atoms with Gasteiger partial charge >= 0.3 is 0 Å². The van der Waals surface area contributed by atoms with E-state index in [4.69, 9.17) is 12.1 Å². The summed E-state index contributed by atoms with van der Waals surface area (Å²) in [5.74, 6) is -0.136. The summed E-state index contributed by atoms with van der Waals surface area (Å²) < 4.78 is 25.5. The average Bonchev–Trinajstić information content (AvgIpc) is 3.76. The zero-order chi connectivity index (χ0) is 37.6. The number of hydrogen-bond donors (Lipinski definition) is 0. The summed E-state index contributed by atoms with van der Waals surface area (Å²) in [6.07, 6.45) is 2.31. The van der Waals surface area contributed by atoms with Gasteiger partial charge in [0.05, 0.1) is 13.7 Å². The molecule has 0 aliphatic carbocycles. The van der Waals surface area contributed by atoms with Crippen molar-refractivity contribution < 1.29 is 27.3 Å². The van der Waals surface area contributed by atoms with Gasteiger partial charge in [-0.1, -0.05) is 123 Å². The first-order valence-corrected chi connectivity index (χ1v) is 22.0. The van der Waals surface area contributed by atoms with Crippen LogP contribution < -0.4 is 5.19 Å². The predicted molar refractivity (Wildman–Crippen MR) is 224 cm³/mol. The van der Waals surface area contributed by atoms with Gasteiger partial charge in [-0.05, 0) is 74.3 Å². The van der Waals surface area contributed by atoms with Crippen molar-refractivity contribution in [1.29, 1.82) is 0 Å². The van der Waals surface area contributed by atoms with Crippen LogP contribution in [0.15, 0.2) is 138 Å². The van der Waals surface area contributed by atoms with Gasteiger partial charge in [0.1, 0.15) is 5.58 Å². The summed E-state index contributed by atoms with van der Waals surface area (Å²) in [5, 5.41) is 6.06. The van der Waals surface area contributed by atoms with Crippen LogP contribution in [-0.2, 0) is 26.5 Å². The van der Waals surface area contributed by atoms with E-state index in [0.29, 0.717) is 11.3 Å². The molecule has 1 radical (unpaired) electrons. The molecule has 0 unspecified atom stereocenters. The topological polar surface area (TPSA) is 38.9 Å². The first kappa shape index (κ1) is 34.1. The van der Waals surface area contributed by atoms with Gasteiger partial charge in [-0.15, -0.1) is 47.5 Å². The number of thiophene rings is 1. The maximum Gasteiger partial charge on any atom is 0.121 e. The number of fused-ring (bicyclic) bond motifs is 6. The number of aromatic nitrogens is 2. The molecule has 265 valence electrons. The number of hydrogen-bond acceptors (Lipinski definition) is 4. The summed E-state index contributed by atoms with van der Waals surface area (Å²) in [7, 11) is -1.31. The monoisotopic (exact) mass is 903 g/mol. The quantitative estimate of drug-likeness (QED) is 0.123. The van der Waals surface area contributed by atoms with Crippen molar-refractivity contribution in [2.24, 2.45) is 5.92 Å². The molecule has 4 aromatic heterocycles. The molecule has 5 aromatic carbocycles. The Balaban J connectivity index is 0.000000173. The van der Waals surface area contributed by atoms with Crippen LogP contribution in [0.4, 0.5) is 0 Å². The summed E-state index contributed by atoms with van der Waals surface area (Å²) in [6, 6.07) is 47.8. The third kappa shape index (κ3) is 7.69. The van der Waals surface area contributed by atoms with Crippen molar-refractivity contribution in [2.45, 2.75) is 39.9 Å². The zero-order valence-electron chi connectivity index (χ0n) is 32.3. The molecule has 0 spiro atoms. The van der Waals surface area contributed by atoms with Crippen LogP contribution in [0.3, 0.4) is 0 Å². The molecule has 0 aliphatic rings. The Morgan fingerprint density at radius 1 is 0.736 bits per heavy atom. The van der Waals surface area contributed by atoms with Crippen LogP contribution in [-0.4, -0.2) is 18.0 Å². The fourth-order valence-corrected chi connectivity index (χ4v) is 8.79. The Bertz CT molecular complexity index is 2770. The smallest absolute Gasteiger partial charge is 0.121 e. The second-order valence-electron chi connectivity index (χ2n) is 14.4. The molecule has 0 bridgehead atoms. The number of nitrogens with zero attached hydrogens (tertiary/aromatic N) is 2. The van der Waals surface area contributed by atoms with Gasteiger partial charge in [0.25, 0.3) is 0 Å². The maximum atomic E-state index is 8.41. The SMILES string of the molecule is C[Si](C)(C)c1ccc(-c2[c-]ccc3c2sc2ccccc23)nc1.[2H]C([2H])(c1ccnc(-c2[c-]cc3oc4ccc(-c5ccccc5)cc4c3c2)c1)C(C)C.[Ir]. The Labute approximate surface area is 332 Å². The standard InChI is InChI=1S/C27H22NO.C20H18NSSi.Ir/c1-18(2)14-19-12-13-28-25(15-19)22-9-11-27-24(17-22)23-16-21(8-10-26(23)29-27)20-6-4-3-5-7-20;1-23(2,3)14-11-12-18(21-13-14)17-9-6-8-16-15-7-4-5-10-19(15)22-20(16)17;/h3-8,10-13,15-18H,14H2,1-2H3;4-8,10-13H,1-3H3;/q2*-1;/i14D2;;. The van der Waals surface area contributed by atoms with E-state index in [1.165, 1.54) is 25.4 Å². The van der Waals surface area contributed by atoms with E-state index in [-0.39, 0.29) is 26.0 Å². The Kier molecular flexibility index (Phi) is 9.86. The van der Waals surface area contributed by atoms with Gasteiger partial charge in [-0.25, -0.2) is 0 Å². The third-order valence-electron chi connectivity index (χ3n) is 9.23. The number of benzene rings is 5. The van der Waals surface area contributed by atoms with E-state index in [1.807, 2.05) is 73.7 Å². The Morgan fingerprint density at radius 3 is 2.30 bits per heavy atom. The van der Waals surface area contributed by atoms with Gasteiger partial charge in [-0.2, -0.15) is 11.3 Å². The fourth-order valence-electron chi connectivity index (χ4n) is 6.55.